The second-order valence-corrected chi connectivity index (χ2v) is 5.78. The van der Waals surface area contributed by atoms with Gasteiger partial charge in [0.2, 0.25) is 5.91 Å². The van der Waals surface area contributed by atoms with Gasteiger partial charge in [0.15, 0.2) is 5.82 Å². The number of carbonyl (C=O) groups excluding carboxylic acids is 2. The maximum atomic E-state index is 12.3. The Labute approximate surface area is 145 Å². The lowest BCUT2D eigenvalue weighted by molar-refractivity contribution is -0.136. The number of hydrogen-bond donors (Lipinski definition) is 1. The molecule has 132 valence electrons. The third-order valence-electron chi connectivity index (χ3n) is 4.01. The average molecular weight is 343 g/mol. The molecule has 2 aromatic heterocycles. The number of carbonyl (C=O) groups is 2. The molecule has 8 heteroatoms. The molecule has 1 saturated heterocycles. The number of rotatable bonds is 5. The summed E-state index contributed by atoms with van der Waals surface area (Å²) in [5, 5.41) is 6.97. The van der Waals surface area contributed by atoms with E-state index in [4.69, 9.17) is 4.74 Å². The van der Waals surface area contributed by atoms with E-state index < -0.39 is 0 Å². The fourth-order valence-electron chi connectivity index (χ4n) is 2.56. The molecule has 0 radical (unpaired) electrons. The molecule has 1 fully saturated rings. The monoisotopic (exact) mass is 343 g/mol. The first-order valence-corrected chi connectivity index (χ1v) is 8.30. The zero-order valence-electron chi connectivity index (χ0n) is 14.1. The number of nitrogens with one attached hydrogen (secondary N) is 1. The summed E-state index contributed by atoms with van der Waals surface area (Å²) in [6.45, 7) is 4.48. The molecular formula is C17H21N5O3. The minimum absolute atomic E-state index is 0.0101. The zero-order valence-corrected chi connectivity index (χ0v) is 14.1. The van der Waals surface area contributed by atoms with Crippen LogP contribution < -0.4 is 5.32 Å². The van der Waals surface area contributed by atoms with E-state index >= 15 is 0 Å². The van der Waals surface area contributed by atoms with Crippen molar-refractivity contribution < 1.29 is 14.3 Å². The highest BCUT2D eigenvalue weighted by atomic mass is 16.5. The number of ether oxygens (including phenoxy) is 1. The number of nitrogens with zero attached hydrogens (tertiary/aromatic N) is 4. The van der Waals surface area contributed by atoms with Gasteiger partial charge in [-0.3, -0.25) is 19.3 Å². The summed E-state index contributed by atoms with van der Waals surface area (Å²) in [4.78, 5) is 30.3. The molecule has 25 heavy (non-hydrogen) atoms. The Kier molecular flexibility index (Phi) is 5.39. The third kappa shape index (κ3) is 4.42. The van der Waals surface area contributed by atoms with E-state index in [2.05, 4.69) is 15.4 Å². The van der Waals surface area contributed by atoms with Crippen molar-refractivity contribution in [3.63, 3.8) is 0 Å². The van der Waals surface area contributed by atoms with Crippen LogP contribution in [0.4, 0.5) is 5.82 Å². The first-order valence-electron chi connectivity index (χ1n) is 8.30. The van der Waals surface area contributed by atoms with Gasteiger partial charge in [-0.2, -0.15) is 5.10 Å². The number of anilines is 1. The van der Waals surface area contributed by atoms with E-state index in [1.54, 1.807) is 29.4 Å². The fourth-order valence-corrected chi connectivity index (χ4v) is 2.56. The van der Waals surface area contributed by atoms with Gasteiger partial charge in [0.25, 0.3) is 5.91 Å². The van der Waals surface area contributed by atoms with E-state index in [9.17, 15) is 9.59 Å². The zero-order chi connectivity index (χ0) is 17.6. The van der Waals surface area contributed by atoms with Crippen LogP contribution in [0, 0.1) is 0 Å². The summed E-state index contributed by atoms with van der Waals surface area (Å²) in [7, 11) is 0. The van der Waals surface area contributed by atoms with E-state index in [0.29, 0.717) is 37.7 Å². The van der Waals surface area contributed by atoms with Crippen molar-refractivity contribution in [2.45, 2.75) is 19.9 Å². The molecular weight excluding hydrogens is 322 g/mol. The van der Waals surface area contributed by atoms with Gasteiger partial charge in [-0.15, -0.1) is 0 Å². The Morgan fingerprint density at radius 3 is 2.84 bits per heavy atom. The van der Waals surface area contributed by atoms with Crippen LogP contribution in [0.3, 0.4) is 0 Å². The van der Waals surface area contributed by atoms with Crippen LogP contribution in [0.15, 0.2) is 30.7 Å². The van der Waals surface area contributed by atoms with Crippen molar-refractivity contribution in [2.24, 2.45) is 0 Å². The number of aryl methyl sites for hydroxylation is 1. The highest BCUT2D eigenvalue weighted by molar-refractivity contribution is 6.03. The molecule has 0 spiro atoms. The molecule has 0 bridgehead atoms. The second-order valence-electron chi connectivity index (χ2n) is 5.78. The van der Waals surface area contributed by atoms with Crippen molar-refractivity contribution in [1.82, 2.24) is 19.7 Å². The molecule has 1 aliphatic heterocycles. The molecule has 0 atom stereocenters. The van der Waals surface area contributed by atoms with Crippen LogP contribution in [0.5, 0.6) is 0 Å². The van der Waals surface area contributed by atoms with Crippen molar-refractivity contribution in [2.75, 3.05) is 31.6 Å². The second kappa shape index (κ2) is 7.89. The lowest BCUT2D eigenvalue weighted by Crippen LogP contribution is -2.42. The summed E-state index contributed by atoms with van der Waals surface area (Å²) in [5.41, 5.74) is 1.48. The molecule has 0 unspecified atom stereocenters. The fraction of sp³-hybridized carbons (Fsp3) is 0.412. The Hall–Kier alpha value is -2.74. The Bertz CT molecular complexity index is 752. The molecule has 0 saturated carbocycles. The highest BCUT2D eigenvalue weighted by Crippen LogP contribution is 2.09. The third-order valence-corrected chi connectivity index (χ3v) is 4.01. The number of morpholine rings is 1. The van der Waals surface area contributed by atoms with Crippen LogP contribution in [-0.2, 0) is 22.5 Å². The maximum Gasteiger partial charge on any atom is 0.258 e. The van der Waals surface area contributed by atoms with Gasteiger partial charge in [-0.1, -0.05) is 6.92 Å². The molecule has 0 aromatic carbocycles. The topological polar surface area (TPSA) is 89.4 Å². The number of hydrogen-bond acceptors (Lipinski definition) is 5. The lowest BCUT2D eigenvalue weighted by Gasteiger charge is -2.26. The van der Waals surface area contributed by atoms with E-state index in [-0.39, 0.29) is 18.4 Å². The number of aromatic nitrogens is 3. The minimum Gasteiger partial charge on any atom is -0.378 e. The highest BCUT2D eigenvalue weighted by Gasteiger charge is 2.17. The Morgan fingerprint density at radius 2 is 2.08 bits per heavy atom. The summed E-state index contributed by atoms with van der Waals surface area (Å²) >= 11 is 0. The van der Waals surface area contributed by atoms with Crippen LogP contribution in [0.2, 0.25) is 0 Å². The minimum atomic E-state index is -0.271. The van der Waals surface area contributed by atoms with Gasteiger partial charge in [-0.25, -0.2) is 0 Å². The summed E-state index contributed by atoms with van der Waals surface area (Å²) in [6.07, 6.45) is 5.75. The normalized spacial score (nSPS) is 14.4. The molecule has 2 amide bonds. The first kappa shape index (κ1) is 17.1. The standard InChI is InChI=1S/C17H21N5O3/c1-2-13-9-14(11-18-10-13)17(24)19-15-3-4-22(20-15)12-16(23)21-5-7-25-8-6-21/h3-4,9-11H,2,5-8,12H2,1H3,(H,19,20,24). The molecule has 1 N–H and O–H groups in total. The SMILES string of the molecule is CCc1cncc(C(=O)Nc2ccn(CC(=O)N3CCOCC3)n2)c1. The molecule has 3 heterocycles. The quantitative estimate of drug-likeness (QED) is 0.873. The smallest absolute Gasteiger partial charge is 0.258 e. The van der Waals surface area contributed by atoms with Gasteiger partial charge in [0.1, 0.15) is 6.54 Å². The number of amides is 2. The maximum absolute atomic E-state index is 12.3. The van der Waals surface area contributed by atoms with E-state index in [1.807, 2.05) is 6.92 Å². The van der Waals surface area contributed by atoms with Crippen LogP contribution in [-0.4, -0.2) is 57.8 Å². The molecule has 3 rings (SSSR count). The van der Waals surface area contributed by atoms with Crippen molar-refractivity contribution in [3.05, 3.63) is 41.9 Å². The molecule has 8 nitrogen and oxygen atoms in total. The molecule has 0 aliphatic carbocycles. The summed E-state index contributed by atoms with van der Waals surface area (Å²) < 4.78 is 6.76. The number of pyridine rings is 1. The van der Waals surface area contributed by atoms with Crippen LogP contribution >= 0.6 is 0 Å². The van der Waals surface area contributed by atoms with Crippen molar-refractivity contribution in [1.29, 1.82) is 0 Å². The average Bonchev–Trinajstić information content (AvgIpc) is 3.09. The molecule has 1 aliphatic rings. The van der Waals surface area contributed by atoms with Gasteiger partial charge in [-0.05, 0) is 18.1 Å². The van der Waals surface area contributed by atoms with Crippen molar-refractivity contribution in [3.8, 4) is 0 Å². The Morgan fingerprint density at radius 1 is 1.28 bits per heavy atom. The van der Waals surface area contributed by atoms with E-state index in [0.717, 1.165) is 12.0 Å². The van der Waals surface area contributed by atoms with Crippen LogP contribution in [0.1, 0.15) is 22.8 Å². The van der Waals surface area contributed by atoms with Gasteiger partial charge < -0.3 is 15.0 Å². The van der Waals surface area contributed by atoms with Gasteiger partial charge in [0.05, 0.1) is 18.8 Å². The van der Waals surface area contributed by atoms with Gasteiger partial charge >= 0.3 is 0 Å². The van der Waals surface area contributed by atoms with Crippen LogP contribution in [0.25, 0.3) is 0 Å². The Balaban J connectivity index is 1.59. The van der Waals surface area contributed by atoms with E-state index in [1.165, 1.54) is 10.9 Å². The predicted octanol–water partition coefficient (Wildman–Crippen LogP) is 0.952. The molecule has 2 aromatic rings. The predicted molar refractivity (Wildman–Crippen MR) is 91.2 cm³/mol. The van der Waals surface area contributed by atoms with Gasteiger partial charge in [0, 0.05) is 37.7 Å². The van der Waals surface area contributed by atoms with Crippen molar-refractivity contribution >= 4 is 17.6 Å². The first-order chi connectivity index (χ1) is 12.2. The largest absolute Gasteiger partial charge is 0.378 e. The summed E-state index contributed by atoms with van der Waals surface area (Å²) in [6, 6.07) is 3.48. The lowest BCUT2D eigenvalue weighted by atomic mass is 10.1. The summed E-state index contributed by atoms with van der Waals surface area (Å²) in [5.74, 6) is 0.123.